The van der Waals surface area contributed by atoms with E-state index in [0.29, 0.717) is 5.92 Å². The number of nitrogens with zero attached hydrogens (tertiary/aromatic N) is 3. The molecule has 0 amide bonds. The molecule has 0 aromatic carbocycles. The van der Waals surface area contributed by atoms with Gasteiger partial charge in [0.05, 0.1) is 10.7 Å². The molecule has 0 saturated heterocycles. The number of hydrogen-bond acceptors (Lipinski definition) is 4. The molecule has 0 aliphatic heterocycles. The monoisotopic (exact) mass is 264 g/mol. The minimum Gasteiger partial charge on any atom is -0.355 e. The van der Waals surface area contributed by atoms with Crippen LogP contribution in [0.15, 0.2) is 17.8 Å². The predicted octanol–water partition coefficient (Wildman–Crippen LogP) is 2.96. The van der Waals surface area contributed by atoms with E-state index in [1.54, 1.807) is 11.3 Å². The van der Waals surface area contributed by atoms with Crippen molar-refractivity contribution in [3.05, 3.63) is 28.5 Å². The summed E-state index contributed by atoms with van der Waals surface area (Å²) in [4.78, 5) is 8.82. The molecule has 4 nitrogen and oxygen atoms in total. The molecular weight excluding hydrogens is 244 g/mol. The van der Waals surface area contributed by atoms with E-state index in [0.717, 1.165) is 31.2 Å². The van der Waals surface area contributed by atoms with Crippen LogP contribution in [0.1, 0.15) is 24.5 Å². The Balaban J connectivity index is 1.98. The minimum absolute atomic E-state index is 0.620. The maximum atomic E-state index is 4.52. The Morgan fingerprint density at radius 1 is 1.44 bits per heavy atom. The smallest absolute Gasteiger partial charge is 0.203 e. The zero-order valence-electron chi connectivity index (χ0n) is 11.2. The average Bonchev–Trinajstić information content (AvgIpc) is 2.92. The lowest BCUT2D eigenvalue weighted by Crippen LogP contribution is -2.13. The van der Waals surface area contributed by atoms with Gasteiger partial charge in [0.1, 0.15) is 0 Å². The van der Waals surface area contributed by atoms with Gasteiger partial charge >= 0.3 is 0 Å². The normalized spacial score (nSPS) is 11.1. The van der Waals surface area contributed by atoms with Crippen LogP contribution in [0.25, 0.3) is 0 Å². The first-order chi connectivity index (χ1) is 8.65. The van der Waals surface area contributed by atoms with E-state index in [-0.39, 0.29) is 0 Å². The summed E-state index contributed by atoms with van der Waals surface area (Å²) in [5.41, 5.74) is 1.06. The lowest BCUT2D eigenvalue weighted by atomic mass is 10.2. The van der Waals surface area contributed by atoms with Crippen molar-refractivity contribution < 1.29 is 0 Å². The second-order valence-electron chi connectivity index (χ2n) is 4.85. The van der Waals surface area contributed by atoms with E-state index in [9.17, 15) is 0 Å². The first kappa shape index (κ1) is 13.1. The Bertz CT molecular complexity index is 473. The van der Waals surface area contributed by atoms with Crippen LogP contribution < -0.4 is 5.32 Å². The third kappa shape index (κ3) is 3.57. The molecule has 0 bridgehead atoms. The zero-order chi connectivity index (χ0) is 13.0. The lowest BCUT2D eigenvalue weighted by molar-refractivity contribution is 0.660. The maximum Gasteiger partial charge on any atom is 0.203 e. The first-order valence-corrected chi connectivity index (χ1v) is 7.19. The molecule has 0 spiro atoms. The molecule has 0 fully saturated rings. The zero-order valence-corrected chi connectivity index (χ0v) is 12.0. The van der Waals surface area contributed by atoms with Gasteiger partial charge in [-0.2, -0.15) is 0 Å². The van der Waals surface area contributed by atoms with Gasteiger partial charge in [-0.3, -0.25) is 0 Å². The van der Waals surface area contributed by atoms with E-state index >= 15 is 0 Å². The molecule has 18 heavy (non-hydrogen) atoms. The van der Waals surface area contributed by atoms with Crippen LogP contribution in [0.5, 0.6) is 0 Å². The van der Waals surface area contributed by atoms with Gasteiger partial charge in [0.15, 0.2) is 0 Å². The van der Waals surface area contributed by atoms with Crippen LogP contribution in [-0.2, 0) is 13.0 Å². The summed E-state index contributed by atoms with van der Waals surface area (Å²) in [6.45, 7) is 8.30. The quantitative estimate of drug-likeness (QED) is 0.872. The summed E-state index contributed by atoms with van der Waals surface area (Å²) < 4.78 is 2.18. The van der Waals surface area contributed by atoms with Crippen LogP contribution in [0.3, 0.4) is 0 Å². The summed E-state index contributed by atoms with van der Waals surface area (Å²) in [5, 5.41) is 6.60. The number of anilines is 1. The topological polar surface area (TPSA) is 42.7 Å². The van der Waals surface area contributed by atoms with Crippen LogP contribution in [0, 0.1) is 12.8 Å². The third-order valence-electron chi connectivity index (χ3n) is 2.62. The molecule has 2 aromatic rings. The Kier molecular flexibility index (Phi) is 4.36. The Labute approximate surface area is 112 Å². The van der Waals surface area contributed by atoms with Crippen molar-refractivity contribution in [2.75, 3.05) is 11.9 Å². The minimum atomic E-state index is 0.620. The number of thiazole rings is 1. The molecule has 2 aromatic heterocycles. The van der Waals surface area contributed by atoms with Crippen molar-refractivity contribution in [3.8, 4) is 0 Å². The van der Waals surface area contributed by atoms with Crippen LogP contribution in [0.4, 0.5) is 5.95 Å². The van der Waals surface area contributed by atoms with E-state index in [4.69, 9.17) is 0 Å². The molecule has 1 N–H and O–H groups in total. The Hall–Kier alpha value is -1.36. The summed E-state index contributed by atoms with van der Waals surface area (Å²) in [6, 6.07) is 0. The second-order valence-corrected chi connectivity index (χ2v) is 5.83. The highest BCUT2D eigenvalue weighted by Gasteiger charge is 2.06. The van der Waals surface area contributed by atoms with Gasteiger partial charge in [0.2, 0.25) is 5.95 Å². The van der Waals surface area contributed by atoms with E-state index in [1.807, 2.05) is 18.5 Å². The number of aromatic nitrogens is 3. The fourth-order valence-corrected chi connectivity index (χ4v) is 2.36. The van der Waals surface area contributed by atoms with Crippen LogP contribution >= 0.6 is 11.3 Å². The summed E-state index contributed by atoms with van der Waals surface area (Å²) in [6.07, 6.45) is 4.91. The van der Waals surface area contributed by atoms with Crippen molar-refractivity contribution in [2.45, 2.75) is 33.7 Å². The van der Waals surface area contributed by atoms with E-state index in [2.05, 4.69) is 39.9 Å². The summed E-state index contributed by atoms with van der Waals surface area (Å²) in [5.74, 6) is 1.59. The van der Waals surface area contributed by atoms with Crippen molar-refractivity contribution in [2.24, 2.45) is 5.92 Å². The molecule has 0 unspecified atom stereocenters. The molecule has 2 heterocycles. The van der Waals surface area contributed by atoms with Gasteiger partial charge in [-0.25, -0.2) is 9.97 Å². The maximum absolute atomic E-state index is 4.52. The van der Waals surface area contributed by atoms with Crippen molar-refractivity contribution in [3.63, 3.8) is 0 Å². The van der Waals surface area contributed by atoms with Crippen molar-refractivity contribution in [1.29, 1.82) is 0 Å². The summed E-state index contributed by atoms with van der Waals surface area (Å²) in [7, 11) is 0. The number of rotatable bonds is 6. The van der Waals surface area contributed by atoms with Gasteiger partial charge in [-0.1, -0.05) is 13.8 Å². The molecule has 0 aliphatic rings. The fraction of sp³-hybridized carbons (Fsp3) is 0.538. The van der Waals surface area contributed by atoms with Crippen molar-refractivity contribution in [1.82, 2.24) is 14.5 Å². The summed E-state index contributed by atoms with van der Waals surface area (Å²) >= 11 is 1.71. The molecule has 0 aliphatic carbocycles. The van der Waals surface area contributed by atoms with E-state index < -0.39 is 0 Å². The SMILES string of the molecule is Cc1cn(CCc2nccs2)c(NCC(C)C)n1. The molecule has 5 heteroatoms. The highest BCUT2D eigenvalue weighted by molar-refractivity contribution is 7.09. The van der Waals surface area contributed by atoms with Crippen LogP contribution in [-0.4, -0.2) is 21.1 Å². The Morgan fingerprint density at radius 3 is 2.94 bits per heavy atom. The molecule has 2 rings (SSSR count). The largest absolute Gasteiger partial charge is 0.355 e. The highest BCUT2D eigenvalue weighted by Crippen LogP contribution is 2.12. The first-order valence-electron chi connectivity index (χ1n) is 6.31. The van der Waals surface area contributed by atoms with Gasteiger partial charge < -0.3 is 9.88 Å². The molecule has 0 saturated carbocycles. The van der Waals surface area contributed by atoms with Gasteiger partial charge in [-0.15, -0.1) is 11.3 Å². The average molecular weight is 264 g/mol. The van der Waals surface area contributed by atoms with Gasteiger partial charge in [0, 0.05) is 37.3 Å². The second kappa shape index (κ2) is 6.00. The standard InChI is InChI=1S/C13H20N4S/c1-10(2)8-15-13-16-11(3)9-17(13)6-4-12-14-5-7-18-12/h5,7,9-10H,4,6,8H2,1-3H3,(H,15,16). The van der Waals surface area contributed by atoms with Crippen LogP contribution in [0.2, 0.25) is 0 Å². The fourth-order valence-electron chi connectivity index (χ4n) is 1.75. The van der Waals surface area contributed by atoms with Gasteiger partial charge in [0.25, 0.3) is 0 Å². The Morgan fingerprint density at radius 2 is 2.28 bits per heavy atom. The number of nitrogens with one attached hydrogen (secondary N) is 1. The molecule has 98 valence electrons. The predicted molar refractivity (Wildman–Crippen MR) is 76.1 cm³/mol. The molecule has 0 radical (unpaired) electrons. The number of imidazole rings is 1. The molecular formula is C13H20N4S. The number of aryl methyl sites for hydroxylation is 3. The van der Waals surface area contributed by atoms with Crippen molar-refractivity contribution >= 4 is 17.3 Å². The molecule has 0 atom stereocenters. The lowest BCUT2D eigenvalue weighted by Gasteiger charge is -2.10. The third-order valence-corrected chi connectivity index (χ3v) is 3.45. The highest BCUT2D eigenvalue weighted by atomic mass is 32.1. The number of hydrogen-bond donors (Lipinski definition) is 1. The van der Waals surface area contributed by atoms with Gasteiger partial charge in [-0.05, 0) is 12.8 Å². The van der Waals surface area contributed by atoms with E-state index in [1.165, 1.54) is 5.01 Å².